The van der Waals surface area contributed by atoms with Crippen molar-refractivity contribution in [1.82, 2.24) is 4.90 Å². The van der Waals surface area contributed by atoms with Crippen LogP contribution in [-0.2, 0) is 16.1 Å². The van der Waals surface area contributed by atoms with E-state index in [1.165, 1.54) is 18.2 Å². The van der Waals surface area contributed by atoms with Crippen LogP contribution in [0.1, 0.15) is 15.9 Å². The molecule has 2 rings (SSSR count). The maximum Gasteiger partial charge on any atom is 0.411 e. The van der Waals surface area contributed by atoms with Gasteiger partial charge in [-0.15, -0.1) is 0 Å². The fraction of sp³-hybridized carbons (Fsp3) is 0.308. The Bertz CT molecular complexity index is 733. The van der Waals surface area contributed by atoms with E-state index in [-0.39, 0.29) is 16.0 Å². The van der Waals surface area contributed by atoms with Crippen molar-refractivity contribution in [2.24, 2.45) is 0 Å². The Kier molecular flexibility index (Phi) is 3.86. The summed E-state index contributed by atoms with van der Waals surface area (Å²) in [6.07, 6.45) is 0. The van der Waals surface area contributed by atoms with Crippen molar-refractivity contribution in [1.29, 1.82) is 0 Å². The average molecular weight is 355 g/mol. The van der Waals surface area contributed by atoms with Gasteiger partial charge >= 0.3 is 29.6 Å². The van der Waals surface area contributed by atoms with Gasteiger partial charge in [-0.05, 0) is 11.6 Å². The van der Waals surface area contributed by atoms with Gasteiger partial charge in [0.25, 0.3) is 5.91 Å². The summed E-state index contributed by atoms with van der Waals surface area (Å²) >= 11 is 0. The van der Waals surface area contributed by atoms with Crippen LogP contribution in [0.3, 0.4) is 0 Å². The molecular weight excluding hydrogens is 348 g/mol. The highest BCUT2D eigenvalue weighted by atomic mass is 19.3. The van der Waals surface area contributed by atoms with Crippen LogP contribution in [0.25, 0.3) is 0 Å². The summed E-state index contributed by atoms with van der Waals surface area (Å²) in [5.74, 6) is -26.7. The summed E-state index contributed by atoms with van der Waals surface area (Å²) in [5.41, 5.74) is -0.171. The summed E-state index contributed by atoms with van der Waals surface area (Å²) in [7, 11) is 0. The summed E-state index contributed by atoms with van der Waals surface area (Å²) in [6.45, 7) is -0.821. The third kappa shape index (κ3) is 2.22. The molecule has 1 aliphatic rings. The Balaban J connectivity index is 2.39. The number of carboxylic acid groups (broad SMARTS) is 1. The number of imide groups is 1. The quantitative estimate of drug-likeness (QED) is 0.840. The third-order valence-corrected chi connectivity index (χ3v) is 3.39. The van der Waals surface area contributed by atoms with E-state index in [0.717, 1.165) is 6.07 Å². The van der Waals surface area contributed by atoms with Crippen LogP contribution in [0, 0.1) is 0 Å². The van der Waals surface area contributed by atoms with Gasteiger partial charge in [0.05, 0.1) is 6.54 Å². The molecule has 0 spiro atoms. The van der Waals surface area contributed by atoms with Gasteiger partial charge in [-0.3, -0.25) is 14.5 Å². The molecule has 1 aromatic carbocycles. The molecule has 0 fully saturated rings. The van der Waals surface area contributed by atoms with E-state index in [2.05, 4.69) is 0 Å². The van der Waals surface area contributed by atoms with Crippen molar-refractivity contribution in [2.45, 2.75) is 24.3 Å². The number of rotatable bonds is 4. The molecule has 0 unspecified atom stereocenters. The van der Waals surface area contributed by atoms with Crippen molar-refractivity contribution >= 4 is 17.8 Å². The van der Waals surface area contributed by atoms with Gasteiger partial charge in [-0.25, -0.2) is 4.79 Å². The van der Waals surface area contributed by atoms with Gasteiger partial charge < -0.3 is 5.11 Å². The molecule has 1 N–H and O–H groups in total. The van der Waals surface area contributed by atoms with E-state index in [1.807, 2.05) is 0 Å². The fourth-order valence-electron chi connectivity index (χ4n) is 2.05. The van der Waals surface area contributed by atoms with E-state index >= 15 is 0 Å². The zero-order chi connectivity index (χ0) is 18.5. The summed E-state index contributed by atoms with van der Waals surface area (Å²) in [4.78, 5) is 33.3. The first-order chi connectivity index (χ1) is 10.9. The third-order valence-electron chi connectivity index (χ3n) is 3.39. The summed E-state index contributed by atoms with van der Waals surface area (Å²) in [6, 6.07) is 5.08. The van der Waals surface area contributed by atoms with Gasteiger partial charge in [-0.1, -0.05) is 18.2 Å². The summed E-state index contributed by atoms with van der Waals surface area (Å²) < 4.78 is 79.9. The molecule has 0 atom stereocenters. The maximum atomic E-state index is 13.7. The largest absolute Gasteiger partial charge is 0.477 e. The van der Waals surface area contributed by atoms with E-state index in [4.69, 9.17) is 5.11 Å². The predicted molar refractivity (Wildman–Crippen MR) is 63.8 cm³/mol. The lowest BCUT2D eigenvalue weighted by atomic mass is 10.0. The molecule has 11 heteroatoms. The first-order valence-corrected chi connectivity index (χ1v) is 6.16. The highest BCUT2D eigenvalue weighted by Gasteiger charge is 2.79. The van der Waals surface area contributed by atoms with Gasteiger partial charge in [0.1, 0.15) is 0 Å². The molecule has 5 nitrogen and oxygen atoms in total. The normalized spacial score (nSPS) is 15.4. The van der Waals surface area contributed by atoms with Crippen molar-refractivity contribution in [3.8, 4) is 0 Å². The second-order valence-electron chi connectivity index (χ2n) is 4.88. The van der Waals surface area contributed by atoms with Crippen LogP contribution < -0.4 is 0 Å². The predicted octanol–water partition coefficient (Wildman–Crippen LogP) is 2.16. The second kappa shape index (κ2) is 5.21. The number of carbonyl (C=O) groups is 3. The Labute approximate surface area is 129 Å². The van der Waals surface area contributed by atoms with E-state index < -0.39 is 42.1 Å². The fourth-order valence-corrected chi connectivity index (χ4v) is 2.05. The molecule has 1 heterocycles. The van der Waals surface area contributed by atoms with Crippen molar-refractivity contribution < 1.29 is 45.8 Å². The first kappa shape index (κ1) is 17.8. The number of hydrogen-bond acceptors (Lipinski definition) is 3. The monoisotopic (exact) mass is 355 g/mol. The lowest BCUT2D eigenvalue weighted by Crippen LogP contribution is -2.63. The van der Waals surface area contributed by atoms with Crippen molar-refractivity contribution in [3.63, 3.8) is 0 Å². The molecule has 24 heavy (non-hydrogen) atoms. The smallest absolute Gasteiger partial charge is 0.411 e. The zero-order valence-corrected chi connectivity index (χ0v) is 11.4. The Morgan fingerprint density at radius 3 is 2.04 bits per heavy atom. The number of benzene rings is 1. The molecule has 0 aliphatic carbocycles. The first-order valence-electron chi connectivity index (χ1n) is 6.16. The minimum atomic E-state index is -6.54. The molecule has 1 aromatic rings. The van der Waals surface area contributed by atoms with Crippen LogP contribution in [0.5, 0.6) is 0 Å². The van der Waals surface area contributed by atoms with Crippen LogP contribution >= 0.6 is 0 Å². The molecule has 130 valence electrons. The number of amides is 2. The molecule has 0 saturated heterocycles. The zero-order valence-electron chi connectivity index (χ0n) is 11.4. The van der Waals surface area contributed by atoms with Crippen LogP contribution in [0.15, 0.2) is 24.3 Å². The number of carbonyl (C=O) groups excluding carboxylic acids is 2. The highest BCUT2D eigenvalue weighted by Crippen LogP contribution is 2.47. The van der Waals surface area contributed by atoms with Crippen LogP contribution in [0.2, 0.25) is 0 Å². The van der Waals surface area contributed by atoms with Crippen molar-refractivity contribution in [2.75, 3.05) is 0 Å². The number of halogens is 6. The van der Waals surface area contributed by atoms with E-state index in [0.29, 0.717) is 0 Å². The number of fused-ring (bicyclic) bond motifs is 1. The lowest BCUT2D eigenvalue weighted by Gasteiger charge is -2.31. The Morgan fingerprint density at radius 1 is 1.00 bits per heavy atom. The number of carboxylic acids is 1. The summed E-state index contributed by atoms with van der Waals surface area (Å²) in [5, 5.41) is 8.03. The van der Waals surface area contributed by atoms with Gasteiger partial charge in [0, 0.05) is 5.56 Å². The molecule has 0 aromatic heterocycles. The van der Waals surface area contributed by atoms with Gasteiger partial charge in [-0.2, -0.15) is 26.3 Å². The molecule has 0 bridgehead atoms. The SMILES string of the molecule is O=C1c2ccccc2CN1C(=O)C(F)(F)C(F)(F)C(F)(F)C(=O)O. The van der Waals surface area contributed by atoms with E-state index in [9.17, 15) is 40.7 Å². The lowest BCUT2D eigenvalue weighted by molar-refractivity contribution is -0.295. The topological polar surface area (TPSA) is 74.7 Å². The second-order valence-corrected chi connectivity index (χ2v) is 4.88. The Morgan fingerprint density at radius 2 is 1.54 bits per heavy atom. The minimum Gasteiger partial charge on any atom is -0.477 e. The molecule has 1 aliphatic heterocycles. The highest BCUT2D eigenvalue weighted by molar-refractivity contribution is 6.10. The van der Waals surface area contributed by atoms with Gasteiger partial charge in [0.15, 0.2) is 0 Å². The maximum absolute atomic E-state index is 13.7. The van der Waals surface area contributed by atoms with Crippen molar-refractivity contribution in [3.05, 3.63) is 35.4 Å². The average Bonchev–Trinajstić information content (AvgIpc) is 2.83. The standard InChI is InChI=1S/C13H7F6NO4/c14-11(15,13(18,19)12(16,17)10(23)24)9(22)20-5-6-3-1-2-4-7(6)8(20)21/h1-4H,5H2,(H,23,24). The van der Waals surface area contributed by atoms with Gasteiger partial charge in [0.2, 0.25) is 0 Å². The number of hydrogen-bond donors (Lipinski definition) is 1. The number of alkyl halides is 6. The van der Waals surface area contributed by atoms with E-state index in [1.54, 1.807) is 0 Å². The molecule has 2 amide bonds. The Hall–Kier alpha value is -2.59. The minimum absolute atomic E-state index is 0.0555. The van der Waals surface area contributed by atoms with Crippen LogP contribution in [0.4, 0.5) is 26.3 Å². The number of aliphatic carboxylic acids is 1. The number of nitrogens with zero attached hydrogens (tertiary/aromatic N) is 1. The molecular formula is C13H7F6NO4. The molecule has 0 radical (unpaired) electrons. The molecule has 0 saturated carbocycles. The van der Waals surface area contributed by atoms with Crippen LogP contribution in [-0.4, -0.2) is 45.6 Å².